The van der Waals surface area contributed by atoms with Crippen molar-refractivity contribution in [2.45, 2.75) is 13.1 Å². The molecule has 3 aromatic rings. The quantitative estimate of drug-likeness (QED) is 0.285. The van der Waals surface area contributed by atoms with Crippen LogP contribution in [0.15, 0.2) is 36.7 Å². The van der Waals surface area contributed by atoms with Crippen LogP contribution in [0.2, 0.25) is 0 Å². The van der Waals surface area contributed by atoms with Crippen molar-refractivity contribution in [3.8, 4) is 0 Å². The van der Waals surface area contributed by atoms with Gasteiger partial charge in [-0.25, -0.2) is 19.2 Å². The van der Waals surface area contributed by atoms with Gasteiger partial charge < -0.3 is 15.0 Å². The lowest BCUT2D eigenvalue weighted by atomic mass is 10.1. The fourth-order valence-electron chi connectivity index (χ4n) is 2.85. The summed E-state index contributed by atoms with van der Waals surface area (Å²) in [6.07, 6.45) is 3.23. The Labute approximate surface area is 153 Å². The van der Waals surface area contributed by atoms with Crippen LogP contribution in [-0.4, -0.2) is 38.9 Å². The summed E-state index contributed by atoms with van der Waals surface area (Å²) in [5.74, 6) is -2.05. The van der Waals surface area contributed by atoms with Crippen molar-refractivity contribution in [3.63, 3.8) is 0 Å². The van der Waals surface area contributed by atoms with Crippen LogP contribution >= 0.6 is 0 Å². The van der Waals surface area contributed by atoms with E-state index in [1.54, 1.807) is 10.8 Å². The van der Waals surface area contributed by atoms with Crippen molar-refractivity contribution in [1.82, 2.24) is 20.3 Å². The molecular formula is C18H18F2N4O3. The van der Waals surface area contributed by atoms with Gasteiger partial charge in [0.1, 0.15) is 17.3 Å². The summed E-state index contributed by atoms with van der Waals surface area (Å²) in [4.78, 5) is 15.7. The smallest absolute Gasteiger partial charge is 0.293 e. The Morgan fingerprint density at radius 3 is 2.74 bits per heavy atom. The molecule has 0 radical (unpaired) electrons. The molecule has 1 amide bonds. The van der Waals surface area contributed by atoms with Crippen molar-refractivity contribution in [3.05, 3.63) is 65.1 Å². The first-order chi connectivity index (χ1) is 13.0. The van der Waals surface area contributed by atoms with Gasteiger partial charge in [-0.3, -0.25) is 10.0 Å². The van der Waals surface area contributed by atoms with Gasteiger partial charge in [-0.15, -0.1) is 0 Å². The number of pyridine rings is 1. The summed E-state index contributed by atoms with van der Waals surface area (Å²) < 4.78 is 28.9. The predicted molar refractivity (Wildman–Crippen MR) is 93.2 cm³/mol. The SMILES string of the molecule is O=C(NO)c1cc2c(CNCCO)cn(Cc3ccc(F)cc3F)c2cn1. The molecule has 4 N–H and O–H groups in total. The number of benzene rings is 1. The first kappa shape index (κ1) is 18.9. The van der Waals surface area contributed by atoms with Crippen LogP contribution in [0.1, 0.15) is 21.6 Å². The number of carbonyl (C=O) groups excluding carboxylic acids is 1. The molecule has 0 saturated heterocycles. The van der Waals surface area contributed by atoms with Crippen molar-refractivity contribution >= 4 is 16.8 Å². The highest BCUT2D eigenvalue weighted by Gasteiger charge is 2.15. The number of nitrogens with one attached hydrogen (secondary N) is 2. The third kappa shape index (κ3) is 4.11. The zero-order chi connectivity index (χ0) is 19.4. The molecule has 0 atom stereocenters. The van der Waals surface area contributed by atoms with E-state index in [1.807, 2.05) is 0 Å². The number of amides is 1. The fourth-order valence-corrected chi connectivity index (χ4v) is 2.85. The molecule has 0 bridgehead atoms. The highest BCUT2D eigenvalue weighted by Crippen LogP contribution is 2.24. The molecule has 0 aliphatic carbocycles. The molecule has 0 aliphatic heterocycles. The fraction of sp³-hybridized carbons (Fsp3) is 0.222. The van der Waals surface area contributed by atoms with Crippen LogP contribution < -0.4 is 10.8 Å². The minimum Gasteiger partial charge on any atom is -0.395 e. The first-order valence-corrected chi connectivity index (χ1v) is 8.21. The Bertz CT molecular complexity index is 975. The summed E-state index contributed by atoms with van der Waals surface area (Å²) in [5, 5.41) is 21.5. The van der Waals surface area contributed by atoms with E-state index in [0.717, 1.165) is 11.6 Å². The molecule has 9 heteroatoms. The van der Waals surface area contributed by atoms with Crippen molar-refractivity contribution in [2.75, 3.05) is 13.2 Å². The Hall–Kier alpha value is -2.88. The number of aliphatic hydroxyl groups excluding tert-OH is 1. The second kappa shape index (κ2) is 8.21. The molecule has 0 aliphatic rings. The second-order valence-electron chi connectivity index (χ2n) is 5.95. The molecule has 27 heavy (non-hydrogen) atoms. The predicted octanol–water partition coefficient (Wildman–Crippen LogP) is 1.56. The Morgan fingerprint density at radius 1 is 1.22 bits per heavy atom. The third-order valence-corrected chi connectivity index (χ3v) is 4.14. The minimum absolute atomic E-state index is 0.0270. The maximum absolute atomic E-state index is 14.0. The van der Waals surface area contributed by atoms with Gasteiger partial charge in [0.2, 0.25) is 0 Å². The topological polar surface area (TPSA) is 99.4 Å². The largest absolute Gasteiger partial charge is 0.395 e. The van der Waals surface area contributed by atoms with E-state index in [2.05, 4.69) is 10.3 Å². The van der Waals surface area contributed by atoms with Gasteiger partial charge in [0.15, 0.2) is 0 Å². The molecule has 3 rings (SSSR count). The Morgan fingerprint density at radius 2 is 2.04 bits per heavy atom. The number of hydrogen-bond acceptors (Lipinski definition) is 5. The van der Waals surface area contributed by atoms with Crippen LogP contribution in [0, 0.1) is 11.6 Å². The van der Waals surface area contributed by atoms with Gasteiger partial charge >= 0.3 is 0 Å². The molecule has 0 unspecified atom stereocenters. The lowest BCUT2D eigenvalue weighted by Gasteiger charge is -2.07. The molecule has 0 saturated carbocycles. The standard InChI is InChI=1S/C18H18F2N4O3/c19-13-2-1-11(15(20)5-13)9-24-10-12(7-21-3-4-25)14-6-16(18(26)23-27)22-8-17(14)24/h1-2,5-6,8,10,21,25,27H,3-4,7,9H2,(H,23,26). The summed E-state index contributed by atoms with van der Waals surface area (Å²) in [7, 11) is 0. The average molecular weight is 376 g/mol. The Balaban J connectivity index is 2.02. The van der Waals surface area contributed by atoms with Gasteiger partial charge in [-0.05, 0) is 17.7 Å². The number of carbonyl (C=O) groups is 1. The van der Waals surface area contributed by atoms with Crippen molar-refractivity contribution in [2.24, 2.45) is 0 Å². The van der Waals surface area contributed by atoms with E-state index in [-0.39, 0.29) is 18.8 Å². The number of nitrogens with zero attached hydrogens (tertiary/aromatic N) is 2. The van der Waals surface area contributed by atoms with Crippen LogP contribution in [-0.2, 0) is 13.1 Å². The number of hydrogen-bond donors (Lipinski definition) is 4. The molecule has 0 spiro atoms. The number of rotatable bonds is 7. The number of fused-ring (bicyclic) bond motifs is 1. The number of aromatic nitrogens is 2. The summed E-state index contributed by atoms with van der Waals surface area (Å²) in [6.45, 7) is 0.906. The lowest BCUT2D eigenvalue weighted by molar-refractivity contribution is 0.0701. The van der Waals surface area contributed by atoms with E-state index in [4.69, 9.17) is 10.3 Å². The normalized spacial score (nSPS) is 11.1. The third-order valence-electron chi connectivity index (χ3n) is 4.14. The summed E-state index contributed by atoms with van der Waals surface area (Å²) in [5.41, 5.74) is 3.32. The lowest BCUT2D eigenvalue weighted by Crippen LogP contribution is -2.20. The molecule has 2 aromatic heterocycles. The van der Waals surface area contributed by atoms with Crippen LogP contribution in [0.5, 0.6) is 0 Å². The summed E-state index contributed by atoms with van der Waals surface area (Å²) in [6, 6.07) is 4.91. The van der Waals surface area contributed by atoms with E-state index < -0.39 is 17.5 Å². The highest BCUT2D eigenvalue weighted by molar-refractivity contribution is 5.96. The van der Waals surface area contributed by atoms with Gasteiger partial charge in [0, 0.05) is 36.3 Å². The number of hydroxylamine groups is 1. The van der Waals surface area contributed by atoms with E-state index in [9.17, 15) is 13.6 Å². The maximum Gasteiger partial charge on any atom is 0.293 e. The van der Waals surface area contributed by atoms with E-state index in [0.29, 0.717) is 29.6 Å². The van der Waals surface area contributed by atoms with Crippen molar-refractivity contribution < 1.29 is 23.9 Å². The van der Waals surface area contributed by atoms with Crippen molar-refractivity contribution in [1.29, 1.82) is 0 Å². The molecular weight excluding hydrogens is 358 g/mol. The first-order valence-electron chi connectivity index (χ1n) is 8.21. The van der Waals surface area contributed by atoms with E-state index in [1.165, 1.54) is 29.9 Å². The molecule has 1 aromatic carbocycles. The second-order valence-corrected chi connectivity index (χ2v) is 5.95. The summed E-state index contributed by atoms with van der Waals surface area (Å²) >= 11 is 0. The van der Waals surface area contributed by atoms with E-state index >= 15 is 0 Å². The number of halogens is 2. The highest BCUT2D eigenvalue weighted by atomic mass is 19.1. The van der Waals surface area contributed by atoms with Gasteiger partial charge in [-0.2, -0.15) is 0 Å². The molecule has 0 fully saturated rings. The number of aliphatic hydroxyl groups is 1. The molecule has 2 heterocycles. The zero-order valence-electron chi connectivity index (χ0n) is 14.2. The van der Waals surface area contributed by atoms with Crippen LogP contribution in [0.4, 0.5) is 8.78 Å². The van der Waals surface area contributed by atoms with Crippen LogP contribution in [0.25, 0.3) is 10.9 Å². The zero-order valence-corrected chi connectivity index (χ0v) is 14.2. The monoisotopic (exact) mass is 376 g/mol. The molecule has 142 valence electrons. The average Bonchev–Trinajstić information content (AvgIpc) is 3.00. The molecule has 7 nitrogen and oxygen atoms in total. The Kier molecular flexibility index (Phi) is 5.75. The van der Waals surface area contributed by atoms with Gasteiger partial charge in [0.05, 0.1) is 24.9 Å². The van der Waals surface area contributed by atoms with Gasteiger partial charge in [0.25, 0.3) is 5.91 Å². The van der Waals surface area contributed by atoms with Gasteiger partial charge in [-0.1, -0.05) is 6.07 Å². The maximum atomic E-state index is 14.0. The van der Waals surface area contributed by atoms with Crippen LogP contribution in [0.3, 0.4) is 0 Å². The minimum atomic E-state index is -0.747.